The lowest BCUT2D eigenvalue weighted by molar-refractivity contribution is 0.281. The summed E-state index contributed by atoms with van der Waals surface area (Å²) in [5.41, 5.74) is 5.54. The summed E-state index contributed by atoms with van der Waals surface area (Å²) < 4.78 is 0. The molecule has 36 heavy (non-hydrogen) atoms. The van der Waals surface area contributed by atoms with Gasteiger partial charge in [-0.25, -0.2) is 0 Å². The van der Waals surface area contributed by atoms with Gasteiger partial charge in [0.1, 0.15) is 0 Å². The minimum absolute atomic E-state index is 0.701. The number of nitrogens with zero attached hydrogens (tertiary/aromatic N) is 2. The molecule has 214 valence electrons. The maximum Gasteiger partial charge on any atom is 0.0237 e. The second-order valence-electron chi connectivity index (χ2n) is 10.9. The second-order valence-corrected chi connectivity index (χ2v) is 10.9. The van der Waals surface area contributed by atoms with E-state index in [1.807, 2.05) is 0 Å². The summed E-state index contributed by atoms with van der Waals surface area (Å²) in [7, 11) is 0. The van der Waals surface area contributed by atoms with Gasteiger partial charge in [-0.1, -0.05) is 20.8 Å². The van der Waals surface area contributed by atoms with Crippen LogP contribution in [0.3, 0.4) is 0 Å². The number of rotatable bonds is 27. The highest BCUT2D eigenvalue weighted by Gasteiger charge is 2.36. The van der Waals surface area contributed by atoms with Crippen molar-refractivity contribution in [3.05, 3.63) is 0 Å². The standard InChI is InChI=1S/C28H62N8/c1-4-35(5-2)18-9-15-33-27-22-28(27)34-16-10-19-36(6-3)20-17-30-13-8-14-32-24-26-21-25(26)23-31-12-7-11-29/h25-28,30-34H,4-24,29H2,1-3H3. The predicted molar refractivity (Wildman–Crippen MR) is 156 cm³/mol. The van der Waals surface area contributed by atoms with Crippen LogP contribution in [0.15, 0.2) is 0 Å². The van der Waals surface area contributed by atoms with Crippen LogP contribution in [0.5, 0.6) is 0 Å². The largest absolute Gasteiger partial charge is 0.330 e. The molecule has 2 aliphatic rings. The van der Waals surface area contributed by atoms with E-state index in [0.29, 0.717) is 12.1 Å². The lowest BCUT2D eigenvalue weighted by Gasteiger charge is -2.20. The van der Waals surface area contributed by atoms with Gasteiger partial charge in [0.15, 0.2) is 0 Å². The first-order valence-corrected chi connectivity index (χ1v) is 15.4. The number of hydrogen-bond acceptors (Lipinski definition) is 8. The lowest BCUT2D eigenvalue weighted by Crippen LogP contribution is -2.35. The molecule has 0 bridgehead atoms. The maximum absolute atomic E-state index is 5.54. The minimum atomic E-state index is 0.701. The normalized spacial score (nSPS) is 23.2. The fourth-order valence-electron chi connectivity index (χ4n) is 5.11. The second kappa shape index (κ2) is 20.6. The molecule has 8 nitrogen and oxygen atoms in total. The molecule has 0 aromatic rings. The zero-order valence-electron chi connectivity index (χ0n) is 24.1. The zero-order valence-corrected chi connectivity index (χ0v) is 24.1. The molecular weight excluding hydrogens is 448 g/mol. The molecule has 7 N–H and O–H groups in total. The van der Waals surface area contributed by atoms with Crippen LogP contribution in [0, 0.1) is 11.8 Å². The Kier molecular flexibility index (Phi) is 18.3. The van der Waals surface area contributed by atoms with Crippen molar-refractivity contribution in [3.63, 3.8) is 0 Å². The minimum Gasteiger partial charge on any atom is -0.330 e. The Morgan fingerprint density at radius 3 is 1.72 bits per heavy atom. The zero-order chi connectivity index (χ0) is 25.8. The number of nitrogens with two attached hydrogens (primary N) is 1. The first kappa shape index (κ1) is 31.9. The topological polar surface area (TPSA) is 92.6 Å². The highest BCUT2D eigenvalue weighted by molar-refractivity contribution is 4.99. The molecule has 2 saturated carbocycles. The van der Waals surface area contributed by atoms with Crippen LogP contribution < -0.4 is 32.3 Å². The molecule has 0 aliphatic heterocycles. The van der Waals surface area contributed by atoms with Gasteiger partial charge in [0.2, 0.25) is 0 Å². The molecule has 2 rings (SSSR count). The highest BCUT2D eigenvalue weighted by atomic mass is 15.1. The number of hydrogen-bond donors (Lipinski definition) is 6. The summed E-state index contributed by atoms with van der Waals surface area (Å²) in [5.74, 6) is 1.78. The van der Waals surface area contributed by atoms with E-state index in [2.05, 4.69) is 57.2 Å². The first-order valence-electron chi connectivity index (χ1n) is 15.4. The van der Waals surface area contributed by atoms with E-state index in [0.717, 1.165) is 77.2 Å². The Labute approximate surface area is 223 Å². The van der Waals surface area contributed by atoms with Gasteiger partial charge >= 0.3 is 0 Å². The summed E-state index contributed by atoms with van der Waals surface area (Å²) in [6, 6.07) is 1.41. The number of nitrogens with one attached hydrogen (secondary N) is 5. The summed E-state index contributed by atoms with van der Waals surface area (Å²) in [4.78, 5) is 5.09. The molecule has 2 aliphatic carbocycles. The molecule has 0 aromatic heterocycles. The van der Waals surface area contributed by atoms with Crippen molar-refractivity contribution in [2.75, 3.05) is 98.2 Å². The monoisotopic (exact) mass is 511 g/mol. The molecule has 4 unspecified atom stereocenters. The molecule has 0 aromatic carbocycles. The fourth-order valence-corrected chi connectivity index (χ4v) is 5.11. The van der Waals surface area contributed by atoms with Gasteiger partial charge in [-0.2, -0.15) is 0 Å². The van der Waals surface area contributed by atoms with Crippen LogP contribution >= 0.6 is 0 Å². The smallest absolute Gasteiger partial charge is 0.0237 e. The highest BCUT2D eigenvalue weighted by Crippen LogP contribution is 2.36. The van der Waals surface area contributed by atoms with Gasteiger partial charge in [-0.05, 0) is 135 Å². The average Bonchev–Trinajstić information content (AvgIpc) is 3.82. The van der Waals surface area contributed by atoms with E-state index in [4.69, 9.17) is 5.73 Å². The van der Waals surface area contributed by atoms with Gasteiger partial charge in [0.05, 0.1) is 0 Å². The SMILES string of the molecule is CCN(CC)CCCNC1CC1NCCCN(CC)CCNCCCNCC1CC1CNCCCN. The van der Waals surface area contributed by atoms with Crippen molar-refractivity contribution in [3.8, 4) is 0 Å². The Morgan fingerprint density at radius 2 is 1.14 bits per heavy atom. The van der Waals surface area contributed by atoms with E-state index >= 15 is 0 Å². The Morgan fingerprint density at radius 1 is 0.583 bits per heavy atom. The lowest BCUT2D eigenvalue weighted by atomic mass is 10.3. The van der Waals surface area contributed by atoms with Gasteiger partial charge in [0, 0.05) is 25.2 Å². The van der Waals surface area contributed by atoms with Crippen molar-refractivity contribution >= 4 is 0 Å². The number of likely N-dealkylation sites (N-methyl/N-ethyl adjacent to an activating group) is 1. The third-order valence-electron chi connectivity index (χ3n) is 8.00. The van der Waals surface area contributed by atoms with Crippen LogP contribution in [0.25, 0.3) is 0 Å². The van der Waals surface area contributed by atoms with E-state index in [1.165, 1.54) is 71.4 Å². The first-order chi connectivity index (χ1) is 17.7. The third-order valence-corrected chi connectivity index (χ3v) is 8.00. The summed E-state index contributed by atoms with van der Waals surface area (Å²) in [6.45, 7) is 23.7. The van der Waals surface area contributed by atoms with E-state index in [-0.39, 0.29) is 0 Å². The quantitative estimate of drug-likeness (QED) is 0.0908. The van der Waals surface area contributed by atoms with Crippen LogP contribution in [-0.4, -0.2) is 120 Å². The van der Waals surface area contributed by atoms with Crippen molar-refractivity contribution in [1.29, 1.82) is 0 Å². The van der Waals surface area contributed by atoms with Gasteiger partial charge in [0.25, 0.3) is 0 Å². The Balaban J connectivity index is 1.31. The van der Waals surface area contributed by atoms with Crippen LogP contribution in [0.4, 0.5) is 0 Å². The van der Waals surface area contributed by atoms with Crippen molar-refractivity contribution in [2.24, 2.45) is 17.6 Å². The summed E-state index contributed by atoms with van der Waals surface area (Å²) in [5, 5.41) is 18.3. The van der Waals surface area contributed by atoms with Crippen LogP contribution in [-0.2, 0) is 0 Å². The molecular formula is C28H62N8. The van der Waals surface area contributed by atoms with Gasteiger partial charge < -0.3 is 42.1 Å². The molecule has 4 atom stereocenters. The predicted octanol–water partition coefficient (Wildman–Crippen LogP) is 0.894. The molecule has 8 heteroatoms. The van der Waals surface area contributed by atoms with E-state index < -0.39 is 0 Å². The molecule has 0 saturated heterocycles. The Hall–Kier alpha value is -0.320. The van der Waals surface area contributed by atoms with Crippen LogP contribution in [0.1, 0.15) is 59.3 Å². The van der Waals surface area contributed by atoms with Crippen molar-refractivity contribution in [1.82, 2.24) is 36.4 Å². The third kappa shape index (κ3) is 15.2. The van der Waals surface area contributed by atoms with Crippen molar-refractivity contribution in [2.45, 2.75) is 71.4 Å². The molecule has 2 fully saturated rings. The summed E-state index contributed by atoms with van der Waals surface area (Å²) in [6.07, 6.45) is 7.50. The Bertz CT molecular complexity index is 504. The fraction of sp³-hybridized carbons (Fsp3) is 1.00. The van der Waals surface area contributed by atoms with Crippen molar-refractivity contribution < 1.29 is 0 Å². The van der Waals surface area contributed by atoms with Crippen LogP contribution in [0.2, 0.25) is 0 Å². The van der Waals surface area contributed by atoms with E-state index in [9.17, 15) is 0 Å². The van der Waals surface area contributed by atoms with Gasteiger partial charge in [-0.3, -0.25) is 0 Å². The summed E-state index contributed by atoms with van der Waals surface area (Å²) >= 11 is 0. The molecule has 0 radical (unpaired) electrons. The average molecular weight is 511 g/mol. The molecule has 0 spiro atoms. The van der Waals surface area contributed by atoms with Gasteiger partial charge in [-0.15, -0.1) is 0 Å². The maximum atomic E-state index is 5.54. The molecule has 0 amide bonds. The molecule has 0 heterocycles. The van der Waals surface area contributed by atoms with E-state index in [1.54, 1.807) is 0 Å².